The fourth-order valence-corrected chi connectivity index (χ4v) is 2.52. The van der Waals surface area contributed by atoms with Gasteiger partial charge in [-0.2, -0.15) is 0 Å². The summed E-state index contributed by atoms with van der Waals surface area (Å²) in [6, 6.07) is 6.19. The van der Waals surface area contributed by atoms with Gasteiger partial charge in [0.15, 0.2) is 0 Å². The molecule has 1 saturated heterocycles. The van der Waals surface area contributed by atoms with Crippen molar-refractivity contribution in [1.82, 2.24) is 4.90 Å². The molecule has 1 aromatic carbocycles. The van der Waals surface area contributed by atoms with Gasteiger partial charge in [0.05, 0.1) is 0 Å². The van der Waals surface area contributed by atoms with Crippen molar-refractivity contribution in [1.29, 1.82) is 0 Å². The predicted octanol–water partition coefficient (Wildman–Crippen LogP) is 2.91. The lowest BCUT2D eigenvalue weighted by Crippen LogP contribution is -2.38. The van der Waals surface area contributed by atoms with Gasteiger partial charge in [-0.05, 0) is 30.0 Å². The number of carbonyl (C=O) groups is 1. The molecule has 1 amide bonds. The Morgan fingerprint density at radius 2 is 2.14 bits per heavy atom. The molecule has 3 nitrogen and oxygen atoms in total. The number of halogens is 2. The van der Waals surface area contributed by atoms with Gasteiger partial charge in [-0.15, -0.1) is 0 Å². The lowest BCUT2D eigenvalue weighted by Gasteiger charge is -2.24. The average Bonchev–Trinajstić information content (AvgIpc) is 2.73. The third-order valence-electron chi connectivity index (χ3n) is 3.79. The highest BCUT2D eigenvalue weighted by Crippen LogP contribution is 2.21. The maximum absolute atomic E-state index is 12.9. The van der Waals surface area contributed by atoms with Gasteiger partial charge >= 0.3 is 0 Å². The number of carbonyl (C=O) groups excluding carboxylic acids is 1. The van der Waals surface area contributed by atoms with Crippen LogP contribution in [0.25, 0.3) is 0 Å². The van der Waals surface area contributed by atoms with Crippen molar-refractivity contribution in [3.8, 4) is 0 Å². The largest absolute Gasteiger partial charge is 0.374 e. The summed E-state index contributed by atoms with van der Waals surface area (Å²) in [6.07, 6.45) is 0.551. The molecule has 1 aliphatic rings. The maximum Gasteiger partial charge on any atom is 0.223 e. The number of nitrogens with zero attached hydrogens (tertiary/aromatic N) is 1. The van der Waals surface area contributed by atoms with Crippen LogP contribution in [-0.2, 0) is 9.53 Å². The van der Waals surface area contributed by atoms with E-state index < -0.39 is 12.8 Å². The second-order valence-electron chi connectivity index (χ2n) is 5.50. The molecular weight excluding hydrogens is 276 g/mol. The molecule has 0 bridgehead atoms. The van der Waals surface area contributed by atoms with Crippen molar-refractivity contribution in [2.45, 2.75) is 31.8 Å². The maximum atomic E-state index is 12.9. The van der Waals surface area contributed by atoms with Crippen molar-refractivity contribution in [3.63, 3.8) is 0 Å². The minimum Gasteiger partial charge on any atom is -0.374 e. The van der Waals surface area contributed by atoms with Crippen molar-refractivity contribution in [2.75, 3.05) is 26.4 Å². The standard InChI is InChI=1S/C16H21F2NO2/c1-12(13-3-5-14(18)6-4-13)9-16(20)19-7-2-8-21-15(10-17)11-19/h3-6,12,15H,2,7-11H2,1H3/t12-,15+/m1/s1. The van der Waals surface area contributed by atoms with Crippen molar-refractivity contribution in [3.05, 3.63) is 35.6 Å². The Balaban J connectivity index is 1.94. The van der Waals surface area contributed by atoms with Crippen molar-refractivity contribution < 1.29 is 18.3 Å². The molecule has 0 spiro atoms. The zero-order valence-electron chi connectivity index (χ0n) is 12.2. The van der Waals surface area contributed by atoms with E-state index in [1.165, 1.54) is 12.1 Å². The SMILES string of the molecule is C[C@H](CC(=O)N1CCCO[C@@H](CF)C1)c1ccc(F)cc1. The Morgan fingerprint density at radius 1 is 1.43 bits per heavy atom. The van der Waals surface area contributed by atoms with Crippen LogP contribution in [0.4, 0.5) is 8.78 Å². The van der Waals surface area contributed by atoms with Crippen LogP contribution in [0.1, 0.15) is 31.2 Å². The minimum atomic E-state index is -0.572. The number of amides is 1. The van der Waals surface area contributed by atoms with Gasteiger partial charge in [0.25, 0.3) is 0 Å². The second kappa shape index (κ2) is 7.50. The molecule has 0 N–H and O–H groups in total. The first-order chi connectivity index (χ1) is 10.1. The van der Waals surface area contributed by atoms with Crippen LogP contribution in [0.3, 0.4) is 0 Å². The third-order valence-corrected chi connectivity index (χ3v) is 3.79. The first-order valence-corrected chi connectivity index (χ1v) is 7.31. The van der Waals surface area contributed by atoms with E-state index in [1.54, 1.807) is 17.0 Å². The Kier molecular flexibility index (Phi) is 5.67. The third kappa shape index (κ3) is 4.49. The van der Waals surface area contributed by atoms with E-state index in [2.05, 4.69) is 0 Å². The molecule has 0 aliphatic carbocycles. The van der Waals surface area contributed by atoms with Gasteiger partial charge < -0.3 is 9.64 Å². The molecule has 0 unspecified atom stereocenters. The van der Waals surface area contributed by atoms with Gasteiger partial charge in [0.2, 0.25) is 5.91 Å². The normalized spacial score (nSPS) is 20.9. The van der Waals surface area contributed by atoms with E-state index in [4.69, 9.17) is 4.74 Å². The Hall–Kier alpha value is -1.49. The van der Waals surface area contributed by atoms with Gasteiger partial charge in [0.1, 0.15) is 18.6 Å². The van der Waals surface area contributed by atoms with Crippen LogP contribution < -0.4 is 0 Å². The topological polar surface area (TPSA) is 29.5 Å². The minimum absolute atomic E-state index is 0.00391. The fraction of sp³-hybridized carbons (Fsp3) is 0.562. The molecule has 0 radical (unpaired) electrons. The van der Waals surface area contributed by atoms with Crippen molar-refractivity contribution in [2.24, 2.45) is 0 Å². The summed E-state index contributed by atoms with van der Waals surface area (Å²) in [5, 5.41) is 0. The zero-order chi connectivity index (χ0) is 15.2. The number of benzene rings is 1. The highest BCUT2D eigenvalue weighted by atomic mass is 19.1. The van der Waals surface area contributed by atoms with Gasteiger partial charge in [-0.25, -0.2) is 8.78 Å². The first kappa shape index (κ1) is 15.9. The molecule has 0 saturated carbocycles. The van der Waals surface area contributed by atoms with Crippen LogP contribution in [0, 0.1) is 5.82 Å². The first-order valence-electron chi connectivity index (χ1n) is 7.31. The Labute approximate surface area is 123 Å². The molecule has 1 heterocycles. The monoisotopic (exact) mass is 297 g/mol. The molecule has 1 aromatic rings. The number of rotatable bonds is 4. The summed E-state index contributed by atoms with van der Waals surface area (Å²) in [5.41, 5.74) is 0.929. The lowest BCUT2D eigenvalue weighted by atomic mass is 9.97. The highest BCUT2D eigenvalue weighted by Gasteiger charge is 2.23. The predicted molar refractivity (Wildman–Crippen MR) is 76.3 cm³/mol. The summed E-state index contributed by atoms with van der Waals surface area (Å²) in [5.74, 6) is -0.283. The molecule has 2 atom stereocenters. The van der Waals surface area contributed by atoms with Crippen LogP contribution in [0.2, 0.25) is 0 Å². The van der Waals surface area contributed by atoms with Crippen LogP contribution in [0.15, 0.2) is 24.3 Å². The summed E-state index contributed by atoms with van der Waals surface area (Å²) in [7, 11) is 0. The summed E-state index contributed by atoms with van der Waals surface area (Å²) < 4.78 is 31.0. The smallest absolute Gasteiger partial charge is 0.223 e. The van der Waals surface area contributed by atoms with E-state index in [-0.39, 0.29) is 17.6 Å². The fourth-order valence-electron chi connectivity index (χ4n) is 2.52. The molecule has 5 heteroatoms. The molecule has 116 valence electrons. The molecule has 21 heavy (non-hydrogen) atoms. The van der Waals surface area contributed by atoms with E-state index in [0.717, 1.165) is 12.0 Å². The van der Waals surface area contributed by atoms with Gasteiger partial charge in [0, 0.05) is 26.1 Å². The van der Waals surface area contributed by atoms with E-state index >= 15 is 0 Å². The zero-order valence-corrected chi connectivity index (χ0v) is 12.2. The summed E-state index contributed by atoms with van der Waals surface area (Å²) in [4.78, 5) is 14.0. The Morgan fingerprint density at radius 3 is 2.81 bits per heavy atom. The van der Waals surface area contributed by atoms with Gasteiger partial charge in [-0.3, -0.25) is 4.79 Å². The molecule has 2 rings (SSSR count). The van der Waals surface area contributed by atoms with Crippen molar-refractivity contribution >= 4 is 5.91 Å². The lowest BCUT2D eigenvalue weighted by molar-refractivity contribution is -0.132. The summed E-state index contributed by atoms with van der Waals surface area (Å²) >= 11 is 0. The number of hydrogen-bond acceptors (Lipinski definition) is 2. The molecule has 0 aromatic heterocycles. The van der Waals surface area contributed by atoms with E-state index in [0.29, 0.717) is 26.1 Å². The highest BCUT2D eigenvalue weighted by molar-refractivity contribution is 5.77. The quantitative estimate of drug-likeness (QED) is 0.855. The van der Waals surface area contributed by atoms with E-state index in [9.17, 15) is 13.6 Å². The Bertz CT molecular complexity index is 464. The number of ether oxygens (including phenoxy) is 1. The van der Waals surface area contributed by atoms with E-state index in [1.807, 2.05) is 6.92 Å². The van der Waals surface area contributed by atoms with Crippen LogP contribution >= 0.6 is 0 Å². The summed E-state index contributed by atoms with van der Waals surface area (Å²) in [6.45, 7) is 2.77. The number of hydrogen-bond donors (Lipinski definition) is 0. The van der Waals surface area contributed by atoms with Crippen LogP contribution in [0.5, 0.6) is 0 Å². The average molecular weight is 297 g/mol. The molecule has 1 fully saturated rings. The van der Waals surface area contributed by atoms with Gasteiger partial charge in [-0.1, -0.05) is 19.1 Å². The molecule has 1 aliphatic heterocycles. The second-order valence-corrected chi connectivity index (χ2v) is 5.50. The van der Waals surface area contributed by atoms with Crippen LogP contribution in [-0.4, -0.2) is 43.3 Å². The number of alkyl halides is 1. The molecular formula is C16H21F2NO2.